The Morgan fingerprint density at radius 2 is 1.76 bits per heavy atom. The van der Waals surface area contributed by atoms with E-state index >= 15 is 0 Å². The number of hydrogen-bond donors (Lipinski definition) is 1. The van der Waals surface area contributed by atoms with E-state index in [1.807, 2.05) is 37.3 Å². The highest BCUT2D eigenvalue weighted by atomic mass is 16.2. The van der Waals surface area contributed by atoms with Crippen molar-refractivity contribution in [2.75, 3.05) is 17.3 Å². The van der Waals surface area contributed by atoms with Crippen LogP contribution in [-0.2, 0) is 4.79 Å². The molecule has 0 heterocycles. The summed E-state index contributed by atoms with van der Waals surface area (Å²) in [6, 6.07) is 14.6. The van der Waals surface area contributed by atoms with E-state index in [0.29, 0.717) is 16.9 Å². The number of nitrogens with zero attached hydrogens (tertiary/aromatic N) is 1. The van der Waals surface area contributed by atoms with Crippen molar-refractivity contribution in [3.05, 3.63) is 59.7 Å². The van der Waals surface area contributed by atoms with Crippen LogP contribution in [0.1, 0.15) is 22.8 Å². The molecule has 0 fully saturated rings. The van der Waals surface area contributed by atoms with Crippen LogP contribution in [0.3, 0.4) is 0 Å². The number of benzene rings is 2. The van der Waals surface area contributed by atoms with Gasteiger partial charge in [0.25, 0.3) is 5.91 Å². The van der Waals surface area contributed by atoms with Gasteiger partial charge in [-0.05, 0) is 31.2 Å². The first-order valence-electron chi connectivity index (χ1n) is 6.70. The van der Waals surface area contributed by atoms with Crippen molar-refractivity contribution in [3.8, 4) is 0 Å². The van der Waals surface area contributed by atoms with Gasteiger partial charge in [0.15, 0.2) is 0 Å². The molecule has 1 N–H and O–H groups in total. The second-order valence-electron chi connectivity index (χ2n) is 4.92. The fourth-order valence-corrected chi connectivity index (χ4v) is 2.02. The maximum atomic E-state index is 12.3. The molecule has 2 rings (SSSR count). The second kappa shape index (κ2) is 6.22. The van der Waals surface area contributed by atoms with Crippen molar-refractivity contribution in [1.82, 2.24) is 0 Å². The van der Waals surface area contributed by atoms with Gasteiger partial charge in [-0.2, -0.15) is 0 Å². The summed E-state index contributed by atoms with van der Waals surface area (Å²) in [5, 5.41) is 2.86. The van der Waals surface area contributed by atoms with Crippen LogP contribution in [-0.4, -0.2) is 18.9 Å². The molecule has 0 unspecified atom stereocenters. The molecular formula is C17H18N2O2. The summed E-state index contributed by atoms with van der Waals surface area (Å²) in [7, 11) is 1.68. The third-order valence-electron chi connectivity index (χ3n) is 3.27. The number of hydrogen-bond acceptors (Lipinski definition) is 2. The molecule has 2 amide bonds. The fourth-order valence-electron chi connectivity index (χ4n) is 2.02. The Labute approximate surface area is 124 Å². The number of amides is 2. The van der Waals surface area contributed by atoms with Gasteiger partial charge in [0.2, 0.25) is 5.91 Å². The second-order valence-corrected chi connectivity index (χ2v) is 4.92. The minimum Gasteiger partial charge on any atom is -0.320 e. The van der Waals surface area contributed by atoms with Crippen LogP contribution in [0, 0.1) is 6.92 Å². The lowest BCUT2D eigenvalue weighted by Crippen LogP contribution is -2.24. The van der Waals surface area contributed by atoms with E-state index in [-0.39, 0.29) is 11.8 Å². The van der Waals surface area contributed by atoms with Gasteiger partial charge in [0.05, 0.1) is 11.4 Å². The largest absolute Gasteiger partial charge is 0.320 e. The van der Waals surface area contributed by atoms with Gasteiger partial charge in [-0.15, -0.1) is 0 Å². The molecule has 21 heavy (non-hydrogen) atoms. The Morgan fingerprint density at radius 3 is 2.43 bits per heavy atom. The van der Waals surface area contributed by atoms with Crippen molar-refractivity contribution in [3.63, 3.8) is 0 Å². The zero-order valence-electron chi connectivity index (χ0n) is 12.4. The lowest BCUT2D eigenvalue weighted by Gasteiger charge is -2.19. The molecule has 0 aliphatic heterocycles. The van der Waals surface area contributed by atoms with Gasteiger partial charge in [0.1, 0.15) is 0 Å². The maximum absolute atomic E-state index is 12.3. The predicted molar refractivity (Wildman–Crippen MR) is 84.7 cm³/mol. The molecule has 0 aromatic heterocycles. The molecule has 0 aliphatic carbocycles. The first-order chi connectivity index (χ1) is 9.99. The van der Waals surface area contributed by atoms with Gasteiger partial charge in [-0.25, -0.2) is 0 Å². The molecule has 0 bridgehead atoms. The van der Waals surface area contributed by atoms with Crippen LogP contribution in [0.15, 0.2) is 48.5 Å². The number of nitrogens with one attached hydrogen (secondary N) is 1. The van der Waals surface area contributed by atoms with E-state index < -0.39 is 0 Å². The fraction of sp³-hybridized carbons (Fsp3) is 0.176. The van der Waals surface area contributed by atoms with Gasteiger partial charge < -0.3 is 10.2 Å². The zero-order chi connectivity index (χ0) is 15.4. The van der Waals surface area contributed by atoms with Crippen LogP contribution in [0.5, 0.6) is 0 Å². The summed E-state index contributed by atoms with van der Waals surface area (Å²) in [4.78, 5) is 25.3. The van der Waals surface area contributed by atoms with E-state index in [9.17, 15) is 9.59 Å². The summed E-state index contributed by atoms with van der Waals surface area (Å²) in [5.74, 6) is -0.282. The number of anilines is 2. The normalized spacial score (nSPS) is 10.0. The summed E-state index contributed by atoms with van der Waals surface area (Å²) >= 11 is 0. The zero-order valence-corrected chi connectivity index (χ0v) is 12.4. The highest BCUT2D eigenvalue weighted by molar-refractivity contribution is 6.07. The molecule has 0 atom stereocenters. The van der Waals surface area contributed by atoms with Crippen LogP contribution < -0.4 is 10.2 Å². The molecule has 2 aromatic rings. The van der Waals surface area contributed by atoms with E-state index in [0.717, 1.165) is 5.56 Å². The average molecular weight is 282 g/mol. The van der Waals surface area contributed by atoms with E-state index in [2.05, 4.69) is 5.32 Å². The number of carbonyl (C=O) groups is 2. The van der Waals surface area contributed by atoms with Crippen LogP contribution in [0.2, 0.25) is 0 Å². The van der Waals surface area contributed by atoms with Gasteiger partial charge in [-0.1, -0.05) is 29.8 Å². The molecule has 2 aromatic carbocycles. The van der Waals surface area contributed by atoms with Crippen LogP contribution >= 0.6 is 0 Å². The molecule has 0 spiro atoms. The molecular weight excluding hydrogens is 264 g/mol. The van der Waals surface area contributed by atoms with Crippen molar-refractivity contribution in [1.29, 1.82) is 0 Å². The summed E-state index contributed by atoms with van der Waals surface area (Å²) in [5.41, 5.74) is 2.90. The molecule has 0 radical (unpaired) electrons. The topological polar surface area (TPSA) is 49.4 Å². The Kier molecular flexibility index (Phi) is 4.38. The lowest BCUT2D eigenvalue weighted by atomic mass is 10.1. The first-order valence-corrected chi connectivity index (χ1v) is 6.70. The van der Waals surface area contributed by atoms with Crippen LogP contribution in [0.4, 0.5) is 11.4 Å². The van der Waals surface area contributed by atoms with Gasteiger partial charge in [-0.3, -0.25) is 9.59 Å². The summed E-state index contributed by atoms with van der Waals surface area (Å²) < 4.78 is 0. The third kappa shape index (κ3) is 3.48. The Morgan fingerprint density at radius 1 is 1.05 bits per heavy atom. The van der Waals surface area contributed by atoms with E-state index in [4.69, 9.17) is 0 Å². The number of para-hydroxylation sites is 2. The first kappa shape index (κ1) is 14.8. The van der Waals surface area contributed by atoms with Crippen LogP contribution in [0.25, 0.3) is 0 Å². The number of aryl methyl sites for hydroxylation is 1. The highest BCUT2D eigenvalue weighted by Gasteiger charge is 2.13. The molecule has 0 saturated heterocycles. The summed E-state index contributed by atoms with van der Waals surface area (Å²) in [6.07, 6.45) is 0. The van der Waals surface area contributed by atoms with E-state index in [1.54, 1.807) is 25.2 Å². The predicted octanol–water partition coefficient (Wildman–Crippen LogP) is 3.23. The van der Waals surface area contributed by atoms with Crippen molar-refractivity contribution < 1.29 is 9.59 Å². The third-order valence-corrected chi connectivity index (χ3v) is 3.27. The van der Waals surface area contributed by atoms with Crippen molar-refractivity contribution >= 4 is 23.2 Å². The summed E-state index contributed by atoms with van der Waals surface area (Å²) in [6.45, 7) is 3.42. The van der Waals surface area contributed by atoms with Crippen molar-refractivity contribution in [2.24, 2.45) is 0 Å². The van der Waals surface area contributed by atoms with Gasteiger partial charge in [0, 0.05) is 19.5 Å². The maximum Gasteiger partial charge on any atom is 0.255 e. The Hall–Kier alpha value is -2.62. The monoisotopic (exact) mass is 282 g/mol. The Bertz CT molecular complexity index is 680. The molecule has 4 nitrogen and oxygen atoms in total. The SMILES string of the molecule is CC(=O)N(C)c1ccccc1NC(=O)c1cccc(C)c1. The smallest absolute Gasteiger partial charge is 0.255 e. The minimum absolute atomic E-state index is 0.0905. The standard InChI is InChI=1S/C17H18N2O2/c1-12-7-6-8-14(11-12)17(21)18-15-9-4-5-10-16(15)19(3)13(2)20/h4-11H,1-3H3,(H,18,21). The number of rotatable bonds is 3. The molecule has 4 heteroatoms. The van der Waals surface area contributed by atoms with E-state index in [1.165, 1.54) is 11.8 Å². The number of carbonyl (C=O) groups excluding carboxylic acids is 2. The minimum atomic E-state index is -0.192. The highest BCUT2D eigenvalue weighted by Crippen LogP contribution is 2.25. The quantitative estimate of drug-likeness (QED) is 0.939. The lowest BCUT2D eigenvalue weighted by molar-refractivity contribution is -0.116. The molecule has 108 valence electrons. The molecule has 0 aliphatic rings. The average Bonchev–Trinajstić information content (AvgIpc) is 2.47. The van der Waals surface area contributed by atoms with Gasteiger partial charge >= 0.3 is 0 Å². The molecule has 0 saturated carbocycles. The van der Waals surface area contributed by atoms with Crippen molar-refractivity contribution in [2.45, 2.75) is 13.8 Å². The Balaban J connectivity index is 2.28.